The summed E-state index contributed by atoms with van der Waals surface area (Å²) in [6, 6.07) is 15.3. The Balaban J connectivity index is 1.70. The van der Waals surface area contributed by atoms with Gasteiger partial charge in [0.1, 0.15) is 0 Å². The van der Waals surface area contributed by atoms with Crippen molar-refractivity contribution in [1.29, 1.82) is 0 Å². The lowest BCUT2D eigenvalue weighted by Crippen LogP contribution is -2.39. The van der Waals surface area contributed by atoms with Crippen LogP contribution in [0.25, 0.3) is 11.3 Å². The van der Waals surface area contributed by atoms with Crippen LogP contribution in [0.5, 0.6) is 0 Å². The van der Waals surface area contributed by atoms with E-state index in [0.29, 0.717) is 0 Å². The van der Waals surface area contributed by atoms with Crippen molar-refractivity contribution in [1.82, 2.24) is 9.47 Å². The van der Waals surface area contributed by atoms with E-state index >= 15 is 0 Å². The number of benzene rings is 2. The average molecular weight is 422 g/mol. The molecular weight excluding hydrogens is 390 g/mol. The number of hydrogen-bond donors (Lipinski definition) is 0. The summed E-state index contributed by atoms with van der Waals surface area (Å²) in [5.74, 6) is 0. The van der Waals surface area contributed by atoms with Crippen molar-refractivity contribution in [2.45, 2.75) is 33.7 Å². The fourth-order valence-electron chi connectivity index (χ4n) is 3.75. The zero-order chi connectivity index (χ0) is 20.9. The van der Waals surface area contributed by atoms with Gasteiger partial charge in [0.15, 0.2) is 4.80 Å². The summed E-state index contributed by atoms with van der Waals surface area (Å²) in [6.45, 7) is 12.2. The highest BCUT2D eigenvalue weighted by molar-refractivity contribution is 7.07. The van der Waals surface area contributed by atoms with Gasteiger partial charge in [-0.2, -0.15) is 0 Å². The molecule has 0 amide bonds. The van der Waals surface area contributed by atoms with Gasteiger partial charge in [0.2, 0.25) is 0 Å². The first-order valence-corrected chi connectivity index (χ1v) is 11.7. The predicted molar refractivity (Wildman–Crippen MR) is 126 cm³/mol. The SMILES string of the molecule is CCc1ccc(N=c2scc(-c3ccc(C)c(C)c3)n2CCN2CCOCC2)cc1. The monoisotopic (exact) mass is 421 g/mol. The third kappa shape index (κ3) is 4.91. The number of aryl methyl sites for hydroxylation is 3. The van der Waals surface area contributed by atoms with Crippen LogP contribution in [-0.4, -0.2) is 42.3 Å². The number of morpholine rings is 1. The van der Waals surface area contributed by atoms with Crippen LogP contribution in [0.4, 0.5) is 5.69 Å². The summed E-state index contributed by atoms with van der Waals surface area (Å²) in [6.07, 6.45) is 1.05. The van der Waals surface area contributed by atoms with E-state index in [1.807, 2.05) is 0 Å². The smallest absolute Gasteiger partial charge is 0.190 e. The summed E-state index contributed by atoms with van der Waals surface area (Å²) < 4.78 is 7.90. The van der Waals surface area contributed by atoms with Crippen LogP contribution >= 0.6 is 11.3 Å². The van der Waals surface area contributed by atoms with Crippen molar-refractivity contribution in [3.05, 3.63) is 69.3 Å². The third-order valence-electron chi connectivity index (χ3n) is 5.91. The van der Waals surface area contributed by atoms with Crippen molar-refractivity contribution in [2.24, 2.45) is 4.99 Å². The van der Waals surface area contributed by atoms with Crippen molar-refractivity contribution in [3.63, 3.8) is 0 Å². The number of rotatable bonds is 6. The molecule has 4 rings (SSSR count). The van der Waals surface area contributed by atoms with E-state index in [-0.39, 0.29) is 0 Å². The minimum atomic E-state index is 0.833. The van der Waals surface area contributed by atoms with Crippen molar-refractivity contribution in [2.75, 3.05) is 32.8 Å². The van der Waals surface area contributed by atoms with Gasteiger partial charge in [-0.15, -0.1) is 11.3 Å². The standard InChI is InChI=1S/C25H31N3OS/c1-4-21-6-9-23(10-7-21)26-25-28(12-11-27-13-15-29-16-14-27)24(18-30-25)22-8-5-19(2)20(3)17-22/h5-10,17-18H,4,11-16H2,1-3H3. The van der Waals surface area contributed by atoms with Gasteiger partial charge in [-0.25, -0.2) is 4.99 Å². The first kappa shape index (κ1) is 21.0. The molecule has 30 heavy (non-hydrogen) atoms. The van der Waals surface area contributed by atoms with Gasteiger partial charge in [0.05, 0.1) is 24.6 Å². The molecule has 0 N–H and O–H groups in total. The zero-order valence-corrected chi connectivity index (χ0v) is 19.0. The fourth-order valence-corrected chi connectivity index (χ4v) is 4.70. The molecule has 0 saturated carbocycles. The molecule has 1 aliphatic rings. The zero-order valence-electron chi connectivity index (χ0n) is 18.2. The van der Waals surface area contributed by atoms with Gasteiger partial charge in [-0.3, -0.25) is 4.90 Å². The lowest BCUT2D eigenvalue weighted by molar-refractivity contribution is 0.0363. The van der Waals surface area contributed by atoms with E-state index < -0.39 is 0 Å². The second-order valence-corrected chi connectivity index (χ2v) is 8.78. The van der Waals surface area contributed by atoms with Crippen LogP contribution in [-0.2, 0) is 17.7 Å². The van der Waals surface area contributed by atoms with Gasteiger partial charge in [-0.1, -0.05) is 31.2 Å². The van der Waals surface area contributed by atoms with E-state index in [2.05, 4.69) is 78.1 Å². The number of aromatic nitrogens is 1. The Labute approximate surface area is 183 Å². The maximum atomic E-state index is 5.51. The number of nitrogens with zero attached hydrogens (tertiary/aromatic N) is 3. The highest BCUT2D eigenvalue weighted by Gasteiger charge is 2.13. The van der Waals surface area contributed by atoms with E-state index in [0.717, 1.165) is 56.3 Å². The minimum Gasteiger partial charge on any atom is -0.379 e. The molecule has 0 bridgehead atoms. The molecule has 2 heterocycles. The van der Waals surface area contributed by atoms with Gasteiger partial charge in [0, 0.05) is 31.6 Å². The summed E-state index contributed by atoms with van der Waals surface area (Å²) in [5, 5.41) is 2.25. The topological polar surface area (TPSA) is 29.8 Å². The molecule has 3 aromatic rings. The molecule has 0 radical (unpaired) electrons. The Bertz CT molecular complexity index is 1040. The van der Waals surface area contributed by atoms with Gasteiger partial charge in [0.25, 0.3) is 0 Å². The molecule has 5 heteroatoms. The van der Waals surface area contributed by atoms with Gasteiger partial charge in [-0.05, 0) is 60.7 Å². The summed E-state index contributed by atoms with van der Waals surface area (Å²) in [5.41, 5.74) is 7.53. The van der Waals surface area contributed by atoms with Crippen molar-refractivity contribution < 1.29 is 4.74 Å². The Hall–Kier alpha value is -2.21. The Kier molecular flexibility index (Phi) is 6.82. The van der Waals surface area contributed by atoms with Crippen LogP contribution in [0, 0.1) is 13.8 Å². The van der Waals surface area contributed by atoms with E-state index in [9.17, 15) is 0 Å². The van der Waals surface area contributed by atoms with Crippen LogP contribution in [0.1, 0.15) is 23.6 Å². The van der Waals surface area contributed by atoms with E-state index in [1.54, 1.807) is 11.3 Å². The van der Waals surface area contributed by atoms with Crippen molar-refractivity contribution in [3.8, 4) is 11.3 Å². The molecule has 2 aromatic carbocycles. The highest BCUT2D eigenvalue weighted by atomic mass is 32.1. The molecule has 0 atom stereocenters. The number of hydrogen-bond acceptors (Lipinski definition) is 4. The molecule has 0 spiro atoms. The number of ether oxygens (including phenoxy) is 1. The largest absolute Gasteiger partial charge is 0.379 e. The molecular formula is C25H31N3OS. The maximum Gasteiger partial charge on any atom is 0.190 e. The second-order valence-electron chi connectivity index (χ2n) is 7.94. The van der Waals surface area contributed by atoms with Gasteiger partial charge >= 0.3 is 0 Å². The molecule has 1 aromatic heterocycles. The lowest BCUT2D eigenvalue weighted by Gasteiger charge is -2.26. The second kappa shape index (κ2) is 9.73. The van der Waals surface area contributed by atoms with Crippen LogP contribution in [0.3, 0.4) is 0 Å². The summed E-state index contributed by atoms with van der Waals surface area (Å²) >= 11 is 1.73. The Morgan fingerprint density at radius 3 is 2.43 bits per heavy atom. The van der Waals surface area contributed by atoms with Gasteiger partial charge < -0.3 is 9.30 Å². The third-order valence-corrected chi connectivity index (χ3v) is 6.78. The van der Waals surface area contributed by atoms with Crippen LogP contribution in [0.15, 0.2) is 52.8 Å². The molecule has 4 nitrogen and oxygen atoms in total. The molecule has 158 valence electrons. The van der Waals surface area contributed by atoms with Crippen molar-refractivity contribution >= 4 is 17.0 Å². The molecule has 0 unspecified atom stereocenters. The first-order chi connectivity index (χ1) is 14.6. The van der Waals surface area contributed by atoms with E-state index in [1.165, 1.54) is 27.9 Å². The maximum absolute atomic E-state index is 5.51. The average Bonchev–Trinajstić information content (AvgIpc) is 3.17. The fraction of sp³-hybridized carbons (Fsp3) is 0.400. The quantitative estimate of drug-likeness (QED) is 0.563. The Morgan fingerprint density at radius 2 is 1.73 bits per heavy atom. The Morgan fingerprint density at radius 1 is 0.967 bits per heavy atom. The normalized spacial score (nSPS) is 15.6. The first-order valence-electron chi connectivity index (χ1n) is 10.8. The highest BCUT2D eigenvalue weighted by Crippen LogP contribution is 2.24. The van der Waals surface area contributed by atoms with E-state index in [4.69, 9.17) is 9.73 Å². The van der Waals surface area contributed by atoms with Crippen LogP contribution < -0.4 is 4.80 Å². The molecule has 1 saturated heterocycles. The minimum absolute atomic E-state index is 0.833. The molecule has 1 aliphatic heterocycles. The summed E-state index contributed by atoms with van der Waals surface area (Å²) in [7, 11) is 0. The molecule has 1 fully saturated rings. The lowest BCUT2D eigenvalue weighted by atomic mass is 10.0. The van der Waals surface area contributed by atoms with Crippen LogP contribution in [0.2, 0.25) is 0 Å². The molecule has 0 aliphatic carbocycles. The number of thiazole rings is 1. The summed E-state index contributed by atoms with van der Waals surface area (Å²) in [4.78, 5) is 8.55. The predicted octanol–water partition coefficient (Wildman–Crippen LogP) is 4.96.